The second-order valence-electron chi connectivity index (χ2n) is 13.4. The van der Waals surface area contributed by atoms with Gasteiger partial charge < -0.3 is 21.3 Å². The molecule has 8 nitrogen and oxygen atoms in total. The Balaban J connectivity index is 1.54. The molecule has 4 atom stereocenters. The van der Waals surface area contributed by atoms with E-state index in [1.54, 1.807) is 43.3 Å². The van der Waals surface area contributed by atoms with Gasteiger partial charge >= 0.3 is 0 Å². The molecule has 0 spiro atoms. The van der Waals surface area contributed by atoms with Gasteiger partial charge in [0.1, 0.15) is 11.6 Å². The highest BCUT2D eigenvalue weighted by molar-refractivity contribution is 7.89. The lowest BCUT2D eigenvalue weighted by Gasteiger charge is -2.32. The molecule has 4 rings (SSSR count). The third-order valence-corrected chi connectivity index (χ3v) is 11.2. The van der Waals surface area contributed by atoms with Crippen molar-refractivity contribution in [3.63, 3.8) is 0 Å². The van der Waals surface area contributed by atoms with Crippen LogP contribution >= 0.6 is 0 Å². The number of sulfonamides is 1. The fraction of sp³-hybridized carbons (Fsp3) is 0.486. The van der Waals surface area contributed by atoms with Crippen LogP contribution in [0.2, 0.25) is 0 Å². The minimum atomic E-state index is -3.95. The van der Waals surface area contributed by atoms with Gasteiger partial charge in [0, 0.05) is 24.5 Å². The highest BCUT2D eigenvalue weighted by Gasteiger charge is 2.38. The Hall–Kier alpha value is -3.22. The number of rotatable bonds is 19. The van der Waals surface area contributed by atoms with E-state index < -0.39 is 51.7 Å². The fourth-order valence-electron chi connectivity index (χ4n) is 6.28. The van der Waals surface area contributed by atoms with Gasteiger partial charge in [0.25, 0.3) is 0 Å². The Kier molecular flexibility index (Phi) is 13.3. The van der Waals surface area contributed by atoms with E-state index in [4.69, 9.17) is 5.73 Å². The molecule has 3 aromatic rings. The van der Waals surface area contributed by atoms with Crippen molar-refractivity contribution in [3.05, 3.63) is 101 Å². The first-order valence-corrected chi connectivity index (χ1v) is 18.2. The lowest BCUT2D eigenvalue weighted by molar-refractivity contribution is -0.120. The molecule has 0 heterocycles. The molecule has 0 bridgehead atoms. The predicted octanol–water partition coefficient (Wildman–Crippen LogP) is 5.64. The van der Waals surface area contributed by atoms with Crippen LogP contribution < -0.4 is 11.1 Å². The van der Waals surface area contributed by atoms with Crippen LogP contribution in [-0.4, -0.2) is 60.1 Å². The number of halogens is 2. The molecule has 1 amide bonds. The summed E-state index contributed by atoms with van der Waals surface area (Å²) < 4.78 is 56.9. The Labute approximate surface area is 283 Å². The number of benzene rings is 3. The number of hydrogen-bond acceptors (Lipinski definition) is 6. The molecule has 0 unspecified atom stereocenters. The standard InChI is InChI=1S/C37H49F2N3O5S/c1-24(2)21-22-42(48(46,47)33-19-13-26(14-20-33)25(3)44)32(23-43)5-4-6-34(27-7-8-27)41-36(37(40)45)35(28-9-15-30(38)16-10-28)29-11-17-31(39)18-12-29/h9-20,24-25,27,32,34-36,41,43-44H,4-8,21-23H2,1-3H3,(H2,40,45)/t25-,32-,34+,36-/m0/s1. The van der Waals surface area contributed by atoms with Gasteiger partial charge in [-0.25, -0.2) is 17.2 Å². The van der Waals surface area contributed by atoms with Crippen molar-refractivity contribution in [2.75, 3.05) is 13.2 Å². The SMILES string of the molecule is CC(C)CCN([C@H](CO)CCC[C@@H](N[C@H](C(N)=O)C(c1ccc(F)cc1)c1ccc(F)cc1)C1CC1)S(=O)(=O)c1ccc([C@H](C)O)cc1. The summed E-state index contributed by atoms with van der Waals surface area (Å²) in [4.78, 5) is 13.1. The predicted molar refractivity (Wildman–Crippen MR) is 182 cm³/mol. The van der Waals surface area contributed by atoms with Crippen molar-refractivity contribution >= 4 is 15.9 Å². The number of nitrogens with two attached hydrogens (primary N) is 1. The summed E-state index contributed by atoms with van der Waals surface area (Å²) in [6.07, 6.45) is 3.37. The van der Waals surface area contributed by atoms with Crippen LogP contribution in [0.25, 0.3) is 0 Å². The van der Waals surface area contributed by atoms with Gasteiger partial charge in [-0.05, 0) is 104 Å². The number of amides is 1. The summed E-state index contributed by atoms with van der Waals surface area (Å²) in [5.41, 5.74) is 7.91. The van der Waals surface area contributed by atoms with Gasteiger partial charge in [0.05, 0.1) is 23.6 Å². The summed E-state index contributed by atoms with van der Waals surface area (Å²) in [6, 6.07) is 16.2. The molecule has 1 aliphatic carbocycles. The number of primary amides is 1. The first kappa shape index (κ1) is 37.6. The second kappa shape index (κ2) is 16.9. The smallest absolute Gasteiger partial charge is 0.243 e. The minimum Gasteiger partial charge on any atom is -0.395 e. The summed E-state index contributed by atoms with van der Waals surface area (Å²) in [6.45, 7) is 5.53. The molecule has 11 heteroatoms. The lowest BCUT2D eigenvalue weighted by atomic mass is 9.83. The van der Waals surface area contributed by atoms with E-state index in [0.29, 0.717) is 42.4 Å². The number of hydrogen-bond donors (Lipinski definition) is 4. The van der Waals surface area contributed by atoms with Crippen LogP contribution in [-0.2, 0) is 14.8 Å². The Morgan fingerprint density at radius 2 is 1.40 bits per heavy atom. The topological polar surface area (TPSA) is 133 Å². The number of nitrogens with one attached hydrogen (secondary N) is 1. The maximum atomic E-state index is 13.9. The van der Waals surface area contributed by atoms with E-state index in [1.165, 1.54) is 40.7 Å². The number of carbonyl (C=O) groups excluding carboxylic acids is 1. The summed E-state index contributed by atoms with van der Waals surface area (Å²) in [5.74, 6) is -1.52. The molecule has 5 N–H and O–H groups in total. The van der Waals surface area contributed by atoms with E-state index in [2.05, 4.69) is 5.32 Å². The van der Waals surface area contributed by atoms with Crippen molar-refractivity contribution < 1.29 is 32.2 Å². The number of aliphatic hydroxyl groups is 2. The monoisotopic (exact) mass is 685 g/mol. The zero-order chi connectivity index (χ0) is 35.0. The Bertz CT molecular complexity index is 1520. The Morgan fingerprint density at radius 3 is 1.83 bits per heavy atom. The van der Waals surface area contributed by atoms with Gasteiger partial charge in [-0.3, -0.25) is 4.79 Å². The van der Waals surface area contributed by atoms with E-state index >= 15 is 0 Å². The van der Waals surface area contributed by atoms with Crippen molar-refractivity contribution in [3.8, 4) is 0 Å². The molecule has 1 aliphatic rings. The van der Waals surface area contributed by atoms with Crippen LogP contribution in [0.15, 0.2) is 77.7 Å². The average molecular weight is 686 g/mol. The van der Waals surface area contributed by atoms with Crippen LogP contribution in [0.1, 0.15) is 88.0 Å². The first-order valence-electron chi connectivity index (χ1n) is 16.8. The van der Waals surface area contributed by atoms with Crippen LogP contribution in [0.4, 0.5) is 8.78 Å². The van der Waals surface area contributed by atoms with Gasteiger partial charge in [-0.1, -0.05) is 56.7 Å². The van der Waals surface area contributed by atoms with Gasteiger partial charge in [0.2, 0.25) is 15.9 Å². The third kappa shape index (κ3) is 9.92. The summed E-state index contributed by atoms with van der Waals surface area (Å²) in [5, 5.41) is 23.9. The zero-order valence-corrected chi connectivity index (χ0v) is 28.8. The molecule has 0 saturated heterocycles. The molecule has 0 aromatic heterocycles. The van der Waals surface area contributed by atoms with Gasteiger partial charge in [0.15, 0.2) is 0 Å². The highest BCUT2D eigenvalue weighted by atomic mass is 32.2. The fourth-order valence-corrected chi connectivity index (χ4v) is 7.94. The molecule has 0 radical (unpaired) electrons. The largest absolute Gasteiger partial charge is 0.395 e. The molecular formula is C37H49F2N3O5S. The molecule has 48 heavy (non-hydrogen) atoms. The average Bonchev–Trinajstić information content (AvgIpc) is 3.90. The van der Waals surface area contributed by atoms with E-state index in [1.807, 2.05) is 13.8 Å². The van der Waals surface area contributed by atoms with Crippen LogP contribution in [0.5, 0.6) is 0 Å². The van der Waals surface area contributed by atoms with Crippen molar-refractivity contribution in [2.24, 2.45) is 17.6 Å². The second-order valence-corrected chi connectivity index (χ2v) is 15.3. The Morgan fingerprint density at radius 1 is 0.875 bits per heavy atom. The van der Waals surface area contributed by atoms with Crippen molar-refractivity contribution in [1.29, 1.82) is 0 Å². The molecular weight excluding hydrogens is 636 g/mol. The highest BCUT2D eigenvalue weighted by Crippen LogP contribution is 2.37. The summed E-state index contributed by atoms with van der Waals surface area (Å²) in [7, 11) is -3.95. The molecule has 1 saturated carbocycles. The van der Waals surface area contributed by atoms with Crippen LogP contribution in [0, 0.1) is 23.5 Å². The normalized spacial score (nSPS) is 16.3. The molecule has 1 fully saturated rings. The maximum absolute atomic E-state index is 13.9. The van der Waals surface area contributed by atoms with E-state index in [9.17, 15) is 32.2 Å². The van der Waals surface area contributed by atoms with Crippen molar-refractivity contribution in [1.82, 2.24) is 9.62 Å². The first-order chi connectivity index (χ1) is 22.8. The summed E-state index contributed by atoms with van der Waals surface area (Å²) >= 11 is 0. The van der Waals surface area contributed by atoms with E-state index in [-0.39, 0.29) is 35.9 Å². The molecule has 262 valence electrons. The minimum absolute atomic E-state index is 0.101. The molecule has 0 aliphatic heterocycles. The lowest BCUT2D eigenvalue weighted by Crippen LogP contribution is -2.51. The van der Waals surface area contributed by atoms with Crippen molar-refractivity contribution in [2.45, 2.75) is 94.3 Å². The van der Waals surface area contributed by atoms with Crippen LogP contribution in [0.3, 0.4) is 0 Å². The number of nitrogens with zero attached hydrogens (tertiary/aromatic N) is 1. The zero-order valence-electron chi connectivity index (χ0n) is 27.9. The number of aliphatic hydroxyl groups excluding tert-OH is 2. The maximum Gasteiger partial charge on any atom is 0.243 e. The number of carbonyl (C=O) groups is 1. The molecule has 3 aromatic carbocycles. The third-order valence-electron chi connectivity index (χ3n) is 9.25. The van der Waals surface area contributed by atoms with Gasteiger partial charge in [-0.15, -0.1) is 0 Å². The quantitative estimate of drug-likeness (QED) is 0.129. The van der Waals surface area contributed by atoms with E-state index in [0.717, 1.165) is 12.8 Å². The van der Waals surface area contributed by atoms with Gasteiger partial charge in [-0.2, -0.15) is 4.31 Å².